The topological polar surface area (TPSA) is 47.0 Å². The van der Waals surface area contributed by atoms with E-state index in [1.54, 1.807) is 42.9 Å². The summed E-state index contributed by atoms with van der Waals surface area (Å²) in [7, 11) is 0. The molecule has 8 heteroatoms. The number of hydrogen-bond donors (Lipinski definition) is 1. The summed E-state index contributed by atoms with van der Waals surface area (Å²) in [5, 5.41) is 4.12. The third-order valence-corrected chi connectivity index (χ3v) is 7.48. The average Bonchev–Trinajstić information content (AvgIpc) is 3.03. The van der Waals surface area contributed by atoms with Crippen molar-refractivity contribution in [2.75, 3.05) is 6.54 Å². The van der Waals surface area contributed by atoms with E-state index in [1.165, 1.54) is 29.8 Å². The third-order valence-electron chi connectivity index (χ3n) is 6.87. The zero-order valence-electron chi connectivity index (χ0n) is 22.7. The molecule has 1 N–H and O–H groups in total. The number of benzene rings is 3. The molecular weight excluding hydrogens is 575 g/mol. The Bertz CT molecular complexity index is 1610. The van der Waals surface area contributed by atoms with Crippen molar-refractivity contribution in [1.29, 1.82) is 0 Å². The minimum atomic E-state index is -0.237. The van der Waals surface area contributed by atoms with Gasteiger partial charge in [0.2, 0.25) is 0 Å². The first-order valence-electron chi connectivity index (χ1n) is 13.6. The van der Waals surface area contributed by atoms with Crippen LogP contribution in [0.4, 0.5) is 8.78 Å². The molecule has 1 aliphatic rings. The molecule has 3 aromatic carbocycles. The van der Waals surface area contributed by atoms with Gasteiger partial charge in [-0.05, 0) is 83.1 Å². The lowest BCUT2D eigenvalue weighted by Crippen LogP contribution is -2.34. The second-order valence-electron chi connectivity index (χ2n) is 9.95. The van der Waals surface area contributed by atoms with Gasteiger partial charge in [0.1, 0.15) is 23.5 Å². The maximum atomic E-state index is 13.1. The molecule has 4 nitrogen and oxygen atoms in total. The Balaban J connectivity index is 0.000000199. The number of aromatic nitrogens is 2. The smallest absolute Gasteiger partial charge is 0.141 e. The molecule has 1 unspecified atom stereocenters. The summed E-state index contributed by atoms with van der Waals surface area (Å²) in [5.41, 5.74) is 7.03. The van der Waals surface area contributed by atoms with Crippen LogP contribution in [0.3, 0.4) is 0 Å². The summed E-state index contributed by atoms with van der Waals surface area (Å²) >= 11 is 12.0. The van der Waals surface area contributed by atoms with Crippen LogP contribution in [0.2, 0.25) is 5.02 Å². The van der Waals surface area contributed by atoms with Crippen LogP contribution in [0.15, 0.2) is 104 Å². The number of halogens is 4. The van der Waals surface area contributed by atoms with Crippen molar-refractivity contribution in [2.45, 2.75) is 31.4 Å². The first-order valence-corrected chi connectivity index (χ1v) is 14.5. The number of para-hydroxylation sites is 1. The third kappa shape index (κ3) is 7.91. The molecule has 0 fully saturated rings. The Hall–Kier alpha value is -3.84. The number of aryl methyl sites for hydroxylation is 1. The van der Waals surface area contributed by atoms with Crippen molar-refractivity contribution in [2.24, 2.45) is 0 Å². The van der Waals surface area contributed by atoms with Gasteiger partial charge in [0.15, 0.2) is 0 Å². The molecule has 0 saturated heterocycles. The SMILES string of the molecule is Fc1ccc(-c2cncc(CCl)c2)cc1.Fc1ccc(-c2cncc(CNCC3CCc4cccc(Cl)c4O3)c2)cc1. The molecule has 0 bridgehead atoms. The van der Waals surface area contributed by atoms with E-state index < -0.39 is 0 Å². The number of ether oxygens (including phenoxy) is 1. The molecule has 5 aromatic rings. The number of hydrogen-bond acceptors (Lipinski definition) is 4. The van der Waals surface area contributed by atoms with E-state index in [9.17, 15) is 8.78 Å². The van der Waals surface area contributed by atoms with E-state index in [2.05, 4.69) is 27.4 Å². The Labute approximate surface area is 254 Å². The second kappa shape index (κ2) is 14.4. The van der Waals surface area contributed by atoms with Crippen LogP contribution in [-0.2, 0) is 18.8 Å². The molecule has 1 aliphatic heterocycles. The van der Waals surface area contributed by atoms with Crippen molar-refractivity contribution >= 4 is 23.2 Å². The molecule has 0 aliphatic carbocycles. The maximum absolute atomic E-state index is 13.1. The van der Waals surface area contributed by atoms with Crippen molar-refractivity contribution < 1.29 is 13.5 Å². The summed E-state index contributed by atoms with van der Waals surface area (Å²) in [6, 6.07) is 22.7. The van der Waals surface area contributed by atoms with Crippen LogP contribution in [-0.4, -0.2) is 22.6 Å². The van der Waals surface area contributed by atoms with Gasteiger partial charge in [0, 0.05) is 54.9 Å². The summed E-state index contributed by atoms with van der Waals surface area (Å²) in [5.74, 6) is 0.776. The predicted octanol–water partition coefficient (Wildman–Crippen LogP) is 8.65. The van der Waals surface area contributed by atoms with Gasteiger partial charge in [-0.2, -0.15) is 0 Å². The fourth-order valence-corrected chi connectivity index (χ4v) is 5.08. The van der Waals surface area contributed by atoms with Gasteiger partial charge in [-0.1, -0.05) is 48.0 Å². The summed E-state index contributed by atoms with van der Waals surface area (Å²) in [6.45, 7) is 1.43. The molecule has 2 aromatic heterocycles. The van der Waals surface area contributed by atoms with E-state index in [0.717, 1.165) is 58.5 Å². The molecule has 0 amide bonds. The van der Waals surface area contributed by atoms with E-state index in [0.29, 0.717) is 17.4 Å². The largest absolute Gasteiger partial charge is 0.487 e. The zero-order chi connectivity index (χ0) is 29.3. The first-order chi connectivity index (χ1) is 20.5. The van der Waals surface area contributed by atoms with Crippen molar-refractivity contribution in [3.63, 3.8) is 0 Å². The van der Waals surface area contributed by atoms with Gasteiger partial charge >= 0.3 is 0 Å². The fourth-order valence-electron chi connectivity index (χ4n) is 4.69. The maximum Gasteiger partial charge on any atom is 0.141 e. The Morgan fingerprint density at radius 2 is 1.36 bits per heavy atom. The lowest BCUT2D eigenvalue weighted by molar-refractivity contribution is 0.170. The van der Waals surface area contributed by atoms with E-state index in [-0.39, 0.29) is 17.7 Å². The molecular formula is C34H29Cl2F2N3O. The van der Waals surface area contributed by atoms with Crippen molar-refractivity contribution in [1.82, 2.24) is 15.3 Å². The number of nitrogens with zero attached hydrogens (tertiary/aromatic N) is 2. The minimum absolute atomic E-state index is 0.102. The van der Waals surface area contributed by atoms with Crippen LogP contribution >= 0.6 is 23.2 Å². The zero-order valence-corrected chi connectivity index (χ0v) is 24.3. The van der Waals surface area contributed by atoms with Crippen LogP contribution < -0.4 is 10.1 Å². The summed E-state index contributed by atoms with van der Waals surface area (Å²) in [4.78, 5) is 8.38. The highest BCUT2D eigenvalue weighted by Gasteiger charge is 2.21. The number of alkyl halides is 1. The minimum Gasteiger partial charge on any atom is -0.487 e. The average molecular weight is 605 g/mol. The molecule has 42 heavy (non-hydrogen) atoms. The van der Waals surface area contributed by atoms with Crippen molar-refractivity contribution in [3.05, 3.63) is 137 Å². The predicted molar refractivity (Wildman–Crippen MR) is 165 cm³/mol. The van der Waals surface area contributed by atoms with Crippen LogP contribution in [0, 0.1) is 11.6 Å². The van der Waals surface area contributed by atoms with E-state index in [4.69, 9.17) is 27.9 Å². The monoisotopic (exact) mass is 603 g/mol. The number of fused-ring (bicyclic) bond motifs is 1. The van der Waals surface area contributed by atoms with Gasteiger partial charge < -0.3 is 10.1 Å². The molecule has 1 atom stereocenters. The molecule has 3 heterocycles. The van der Waals surface area contributed by atoms with Gasteiger partial charge in [0.05, 0.1) is 5.02 Å². The molecule has 0 spiro atoms. The summed E-state index contributed by atoms with van der Waals surface area (Å²) in [6.07, 6.45) is 9.14. The standard InChI is InChI=1S/C22H20ClFN2O.C12H9ClFN/c23-21-3-1-2-17-6-9-20(27-22(17)21)14-26-12-15-10-18(13-25-11-15)16-4-7-19(24)8-5-16;13-6-9-5-11(8-15-7-9)10-1-3-12(14)4-2-10/h1-5,7-8,10-11,13,20,26H,6,9,12,14H2;1-5,7-8H,6H2. The Morgan fingerprint density at radius 3 is 1.98 bits per heavy atom. The molecule has 0 radical (unpaired) electrons. The normalized spacial score (nSPS) is 13.9. The highest BCUT2D eigenvalue weighted by atomic mass is 35.5. The lowest BCUT2D eigenvalue weighted by atomic mass is 10.0. The van der Waals surface area contributed by atoms with Gasteiger partial charge in [0.25, 0.3) is 0 Å². The molecule has 6 rings (SSSR count). The molecule has 0 saturated carbocycles. The highest BCUT2D eigenvalue weighted by Crippen LogP contribution is 2.34. The Morgan fingerprint density at radius 1 is 0.762 bits per heavy atom. The van der Waals surface area contributed by atoms with Crippen LogP contribution in [0.25, 0.3) is 22.3 Å². The van der Waals surface area contributed by atoms with E-state index >= 15 is 0 Å². The summed E-state index contributed by atoms with van der Waals surface area (Å²) < 4.78 is 31.9. The Kier molecular flexibility index (Phi) is 10.1. The quantitative estimate of drug-likeness (QED) is 0.189. The first kappa shape index (κ1) is 29.6. The lowest BCUT2D eigenvalue weighted by Gasteiger charge is -2.27. The van der Waals surface area contributed by atoms with E-state index in [1.807, 2.05) is 24.4 Å². The fraction of sp³-hybridized carbons (Fsp3) is 0.176. The van der Waals surface area contributed by atoms with Gasteiger partial charge in [-0.3, -0.25) is 9.97 Å². The van der Waals surface area contributed by atoms with Gasteiger partial charge in [-0.25, -0.2) is 8.78 Å². The van der Waals surface area contributed by atoms with Crippen LogP contribution in [0.5, 0.6) is 5.75 Å². The van der Waals surface area contributed by atoms with Gasteiger partial charge in [-0.15, -0.1) is 11.6 Å². The number of pyridine rings is 2. The second-order valence-corrected chi connectivity index (χ2v) is 10.6. The van der Waals surface area contributed by atoms with Crippen molar-refractivity contribution in [3.8, 4) is 28.0 Å². The highest BCUT2D eigenvalue weighted by molar-refractivity contribution is 6.32. The molecule has 214 valence electrons. The number of rotatable bonds is 7. The van der Waals surface area contributed by atoms with Crippen LogP contribution in [0.1, 0.15) is 23.1 Å². The number of nitrogens with one attached hydrogen (secondary N) is 1.